The number of nitrogens with one attached hydrogen (secondary N) is 1. The summed E-state index contributed by atoms with van der Waals surface area (Å²) in [6, 6.07) is 24.5. The molecule has 0 aliphatic carbocycles. The van der Waals surface area contributed by atoms with Crippen LogP contribution >= 0.6 is 11.8 Å². The minimum Gasteiger partial charge on any atom is -0.455 e. The van der Waals surface area contributed by atoms with Crippen molar-refractivity contribution in [3.8, 4) is 11.5 Å². The summed E-state index contributed by atoms with van der Waals surface area (Å²) >= 11 is 1.55. The molecule has 0 aliphatic rings. The molecular formula is C20H17NO2S. The molecule has 4 heteroatoms. The summed E-state index contributed by atoms with van der Waals surface area (Å²) in [6.45, 7) is 0. The molecule has 1 N–H and O–H groups in total. The van der Waals surface area contributed by atoms with Crippen molar-refractivity contribution in [1.29, 1.82) is 0 Å². The Kier molecular flexibility index (Phi) is 5.18. The van der Waals surface area contributed by atoms with Gasteiger partial charge in [0.25, 0.3) is 5.91 Å². The Labute approximate surface area is 145 Å². The molecule has 0 aromatic heterocycles. The third-order valence-electron chi connectivity index (χ3n) is 3.46. The number of rotatable bonds is 5. The van der Waals surface area contributed by atoms with Crippen LogP contribution < -0.4 is 10.1 Å². The van der Waals surface area contributed by atoms with Crippen LogP contribution in [0, 0.1) is 0 Å². The number of ether oxygens (including phenoxy) is 1. The average molecular weight is 335 g/mol. The molecule has 0 radical (unpaired) electrons. The first-order valence-corrected chi connectivity index (χ1v) is 8.76. The lowest BCUT2D eigenvalue weighted by atomic mass is 10.2. The lowest BCUT2D eigenvalue weighted by Gasteiger charge is -2.13. The van der Waals surface area contributed by atoms with Gasteiger partial charge in [-0.1, -0.05) is 42.5 Å². The molecule has 3 aromatic rings. The van der Waals surface area contributed by atoms with Gasteiger partial charge in [-0.05, 0) is 42.7 Å². The summed E-state index contributed by atoms with van der Waals surface area (Å²) in [7, 11) is 0. The topological polar surface area (TPSA) is 38.3 Å². The highest BCUT2D eigenvalue weighted by Gasteiger charge is 2.13. The summed E-state index contributed by atoms with van der Waals surface area (Å²) in [5, 5.41) is 2.94. The Balaban J connectivity index is 1.84. The number of anilines is 1. The zero-order valence-corrected chi connectivity index (χ0v) is 14.0. The number of benzene rings is 3. The van der Waals surface area contributed by atoms with Crippen LogP contribution in [-0.4, -0.2) is 12.2 Å². The fourth-order valence-corrected chi connectivity index (χ4v) is 2.89. The first-order chi connectivity index (χ1) is 11.8. The summed E-state index contributed by atoms with van der Waals surface area (Å²) in [4.78, 5) is 13.6. The standard InChI is InChI=1S/C20H17NO2S/c1-24-19-14-8-5-11-16(19)20(22)21-17-12-6-7-13-18(17)23-15-9-3-2-4-10-15/h2-14H,1H3,(H,21,22). The van der Waals surface area contributed by atoms with E-state index in [1.165, 1.54) is 0 Å². The van der Waals surface area contributed by atoms with E-state index in [0.717, 1.165) is 10.6 Å². The molecule has 0 aliphatic heterocycles. The van der Waals surface area contributed by atoms with E-state index in [1.54, 1.807) is 11.8 Å². The number of para-hydroxylation sites is 3. The van der Waals surface area contributed by atoms with Crippen molar-refractivity contribution in [3.63, 3.8) is 0 Å². The quantitative estimate of drug-likeness (QED) is 0.630. The van der Waals surface area contributed by atoms with E-state index in [9.17, 15) is 4.79 Å². The van der Waals surface area contributed by atoms with Gasteiger partial charge in [0.2, 0.25) is 0 Å². The predicted molar refractivity (Wildman–Crippen MR) is 99.1 cm³/mol. The number of carbonyl (C=O) groups excluding carboxylic acids is 1. The second-order valence-electron chi connectivity index (χ2n) is 5.07. The van der Waals surface area contributed by atoms with Crippen molar-refractivity contribution in [3.05, 3.63) is 84.4 Å². The molecule has 0 spiro atoms. The van der Waals surface area contributed by atoms with Crippen LogP contribution in [0.2, 0.25) is 0 Å². The van der Waals surface area contributed by atoms with Gasteiger partial charge in [-0.2, -0.15) is 0 Å². The van der Waals surface area contributed by atoms with E-state index in [1.807, 2.05) is 85.1 Å². The molecule has 0 bridgehead atoms. The minimum absolute atomic E-state index is 0.149. The molecule has 3 nitrogen and oxygen atoms in total. The summed E-state index contributed by atoms with van der Waals surface area (Å²) < 4.78 is 5.88. The smallest absolute Gasteiger partial charge is 0.256 e. The molecule has 0 fully saturated rings. The predicted octanol–water partition coefficient (Wildman–Crippen LogP) is 5.45. The van der Waals surface area contributed by atoms with Gasteiger partial charge in [0.1, 0.15) is 5.75 Å². The van der Waals surface area contributed by atoms with E-state index in [2.05, 4.69) is 5.32 Å². The molecule has 0 heterocycles. The van der Waals surface area contributed by atoms with E-state index in [-0.39, 0.29) is 5.91 Å². The maximum atomic E-state index is 12.6. The van der Waals surface area contributed by atoms with Crippen molar-refractivity contribution in [1.82, 2.24) is 0 Å². The van der Waals surface area contributed by atoms with Crippen molar-refractivity contribution in [2.24, 2.45) is 0 Å². The maximum absolute atomic E-state index is 12.6. The Morgan fingerprint density at radius 1 is 0.875 bits per heavy atom. The van der Waals surface area contributed by atoms with Gasteiger partial charge in [0, 0.05) is 4.90 Å². The van der Waals surface area contributed by atoms with Gasteiger partial charge < -0.3 is 10.1 Å². The lowest BCUT2D eigenvalue weighted by molar-refractivity contribution is 0.102. The van der Waals surface area contributed by atoms with Crippen LogP contribution in [0.15, 0.2) is 83.8 Å². The van der Waals surface area contributed by atoms with Gasteiger partial charge in [0.15, 0.2) is 5.75 Å². The van der Waals surface area contributed by atoms with Crippen molar-refractivity contribution >= 4 is 23.4 Å². The van der Waals surface area contributed by atoms with Gasteiger partial charge in [-0.3, -0.25) is 4.79 Å². The molecule has 0 atom stereocenters. The lowest BCUT2D eigenvalue weighted by Crippen LogP contribution is -2.13. The molecule has 0 saturated heterocycles. The number of hydrogen-bond acceptors (Lipinski definition) is 3. The molecule has 120 valence electrons. The number of thioether (sulfide) groups is 1. The number of amides is 1. The molecule has 0 unspecified atom stereocenters. The van der Waals surface area contributed by atoms with Gasteiger partial charge >= 0.3 is 0 Å². The molecule has 0 saturated carbocycles. The zero-order chi connectivity index (χ0) is 16.8. The van der Waals surface area contributed by atoms with Crippen molar-refractivity contribution in [2.75, 3.05) is 11.6 Å². The third kappa shape index (κ3) is 3.78. The maximum Gasteiger partial charge on any atom is 0.256 e. The Hall–Kier alpha value is -2.72. The molecular weight excluding hydrogens is 318 g/mol. The van der Waals surface area contributed by atoms with Gasteiger partial charge in [-0.25, -0.2) is 0 Å². The third-order valence-corrected chi connectivity index (χ3v) is 4.25. The Morgan fingerprint density at radius 2 is 1.54 bits per heavy atom. The molecule has 1 amide bonds. The number of carbonyl (C=O) groups is 1. The van der Waals surface area contributed by atoms with Crippen LogP contribution in [0.1, 0.15) is 10.4 Å². The first-order valence-electron chi connectivity index (χ1n) is 7.54. The van der Waals surface area contributed by atoms with Crippen LogP contribution in [0.3, 0.4) is 0 Å². The fourth-order valence-electron chi connectivity index (χ4n) is 2.30. The average Bonchev–Trinajstić information content (AvgIpc) is 2.64. The largest absolute Gasteiger partial charge is 0.455 e. The second-order valence-corrected chi connectivity index (χ2v) is 5.91. The van der Waals surface area contributed by atoms with Crippen molar-refractivity contribution < 1.29 is 9.53 Å². The van der Waals surface area contributed by atoms with Gasteiger partial charge in [-0.15, -0.1) is 11.8 Å². The molecule has 24 heavy (non-hydrogen) atoms. The normalized spacial score (nSPS) is 10.2. The molecule has 3 rings (SSSR count). The fraction of sp³-hybridized carbons (Fsp3) is 0.0500. The first kappa shape index (κ1) is 16.1. The summed E-state index contributed by atoms with van der Waals surface area (Å²) in [5.74, 6) is 1.19. The Bertz CT molecular complexity index is 834. The van der Waals surface area contributed by atoms with Crippen LogP contribution in [0.4, 0.5) is 5.69 Å². The SMILES string of the molecule is CSc1ccccc1C(=O)Nc1ccccc1Oc1ccccc1. The van der Waals surface area contributed by atoms with Crippen LogP contribution in [0.5, 0.6) is 11.5 Å². The highest BCUT2D eigenvalue weighted by Crippen LogP contribution is 2.30. The van der Waals surface area contributed by atoms with Crippen LogP contribution in [-0.2, 0) is 0 Å². The minimum atomic E-state index is -0.149. The second kappa shape index (κ2) is 7.70. The monoisotopic (exact) mass is 335 g/mol. The van der Waals surface area contributed by atoms with Crippen LogP contribution in [0.25, 0.3) is 0 Å². The zero-order valence-electron chi connectivity index (χ0n) is 13.2. The van der Waals surface area contributed by atoms with Crippen molar-refractivity contribution in [2.45, 2.75) is 4.90 Å². The highest BCUT2D eigenvalue weighted by molar-refractivity contribution is 7.98. The Morgan fingerprint density at radius 3 is 2.33 bits per heavy atom. The summed E-state index contributed by atoms with van der Waals surface area (Å²) in [6.07, 6.45) is 1.96. The number of hydrogen-bond donors (Lipinski definition) is 1. The highest BCUT2D eigenvalue weighted by atomic mass is 32.2. The van der Waals surface area contributed by atoms with E-state index < -0.39 is 0 Å². The molecule has 3 aromatic carbocycles. The van der Waals surface area contributed by atoms with E-state index in [4.69, 9.17) is 4.74 Å². The van der Waals surface area contributed by atoms with E-state index >= 15 is 0 Å². The van der Waals surface area contributed by atoms with Gasteiger partial charge in [0.05, 0.1) is 11.3 Å². The van der Waals surface area contributed by atoms with E-state index in [0.29, 0.717) is 17.0 Å². The summed E-state index contributed by atoms with van der Waals surface area (Å²) in [5.41, 5.74) is 1.29.